The molecular weight excluding hydrogens is 258 g/mol. The van der Waals surface area contributed by atoms with Crippen molar-refractivity contribution in [3.05, 3.63) is 65.4 Å². The standard InChI is InChI=1S/C18H18N3/c1-12-4-5-15(13(2)8-12)16-9-14-10-18-19-6-7-21(18)17(14)11-20(16)3/h4-9,11H,10H2,1-3H3/q+1. The molecule has 0 unspecified atom stereocenters. The predicted molar refractivity (Wildman–Crippen MR) is 82.5 cm³/mol. The van der Waals surface area contributed by atoms with Crippen LogP contribution in [0.2, 0.25) is 0 Å². The van der Waals surface area contributed by atoms with E-state index in [-0.39, 0.29) is 0 Å². The summed E-state index contributed by atoms with van der Waals surface area (Å²) in [7, 11) is 2.11. The van der Waals surface area contributed by atoms with Gasteiger partial charge in [0, 0.05) is 30.4 Å². The maximum atomic E-state index is 4.43. The van der Waals surface area contributed by atoms with Crippen LogP contribution in [0.15, 0.2) is 42.9 Å². The van der Waals surface area contributed by atoms with Crippen LogP contribution in [-0.2, 0) is 13.5 Å². The van der Waals surface area contributed by atoms with Gasteiger partial charge in [0.25, 0.3) is 0 Å². The van der Waals surface area contributed by atoms with Gasteiger partial charge in [-0.2, -0.15) is 4.57 Å². The summed E-state index contributed by atoms with van der Waals surface area (Å²) in [6.45, 7) is 4.32. The minimum absolute atomic E-state index is 0.918. The molecular formula is C18H18N3+. The molecule has 0 amide bonds. The number of pyridine rings is 1. The Morgan fingerprint density at radius 2 is 2.05 bits per heavy atom. The SMILES string of the molecule is Cc1ccc(-c2cc3c(c[n+]2C)-n2ccnc2C3)c(C)c1. The monoisotopic (exact) mass is 276 g/mol. The van der Waals surface area contributed by atoms with Gasteiger partial charge < -0.3 is 0 Å². The number of fused-ring (bicyclic) bond motifs is 3. The van der Waals surface area contributed by atoms with E-state index < -0.39 is 0 Å². The van der Waals surface area contributed by atoms with Crippen LogP contribution in [-0.4, -0.2) is 9.55 Å². The molecule has 21 heavy (non-hydrogen) atoms. The lowest BCUT2D eigenvalue weighted by molar-refractivity contribution is -0.660. The van der Waals surface area contributed by atoms with Crippen LogP contribution in [0.5, 0.6) is 0 Å². The van der Waals surface area contributed by atoms with Gasteiger partial charge in [0.15, 0.2) is 6.20 Å². The highest BCUT2D eigenvalue weighted by Gasteiger charge is 2.24. The van der Waals surface area contributed by atoms with E-state index in [2.05, 4.69) is 65.5 Å². The third-order valence-corrected chi connectivity index (χ3v) is 4.32. The van der Waals surface area contributed by atoms with E-state index in [0.717, 1.165) is 12.2 Å². The molecule has 1 aromatic carbocycles. The smallest absolute Gasteiger partial charge is 0.212 e. The Morgan fingerprint density at radius 3 is 2.86 bits per heavy atom. The molecule has 0 spiro atoms. The Balaban J connectivity index is 1.90. The first kappa shape index (κ1) is 12.3. The maximum absolute atomic E-state index is 4.43. The predicted octanol–water partition coefficient (Wildman–Crippen LogP) is 2.88. The largest absolute Gasteiger partial charge is 0.298 e. The highest BCUT2D eigenvalue weighted by Crippen LogP contribution is 2.29. The maximum Gasteiger partial charge on any atom is 0.212 e. The van der Waals surface area contributed by atoms with Gasteiger partial charge in [-0.1, -0.05) is 17.7 Å². The summed E-state index contributed by atoms with van der Waals surface area (Å²) in [6.07, 6.45) is 7.04. The number of rotatable bonds is 1. The molecule has 2 aromatic heterocycles. The minimum Gasteiger partial charge on any atom is -0.298 e. The summed E-state index contributed by atoms with van der Waals surface area (Å²) < 4.78 is 4.40. The fourth-order valence-electron chi connectivity index (χ4n) is 3.26. The lowest BCUT2D eigenvalue weighted by Gasteiger charge is -2.08. The molecule has 104 valence electrons. The van der Waals surface area contributed by atoms with Crippen LogP contribution in [0, 0.1) is 13.8 Å². The quantitative estimate of drug-likeness (QED) is 0.490. The van der Waals surface area contributed by atoms with E-state index in [0.29, 0.717) is 0 Å². The van der Waals surface area contributed by atoms with Crippen molar-refractivity contribution in [2.24, 2.45) is 7.05 Å². The van der Waals surface area contributed by atoms with Crippen LogP contribution in [0.3, 0.4) is 0 Å². The molecule has 0 radical (unpaired) electrons. The molecule has 0 aliphatic carbocycles. The van der Waals surface area contributed by atoms with Crippen molar-refractivity contribution in [3.63, 3.8) is 0 Å². The van der Waals surface area contributed by atoms with Crippen molar-refractivity contribution in [3.8, 4) is 16.9 Å². The molecule has 0 saturated carbocycles. The zero-order valence-corrected chi connectivity index (χ0v) is 12.6. The second-order valence-corrected chi connectivity index (χ2v) is 5.89. The average Bonchev–Trinajstić information content (AvgIpc) is 3.00. The summed E-state index contributed by atoms with van der Waals surface area (Å²) in [4.78, 5) is 4.43. The van der Waals surface area contributed by atoms with E-state index in [1.54, 1.807) is 0 Å². The second-order valence-electron chi connectivity index (χ2n) is 5.89. The first-order chi connectivity index (χ1) is 10.1. The minimum atomic E-state index is 0.918. The fraction of sp³-hybridized carbons (Fsp3) is 0.222. The zero-order chi connectivity index (χ0) is 14.6. The van der Waals surface area contributed by atoms with Crippen LogP contribution < -0.4 is 4.57 Å². The summed E-state index contributed by atoms with van der Waals surface area (Å²) in [5.74, 6) is 1.13. The Morgan fingerprint density at radius 1 is 1.19 bits per heavy atom. The van der Waals surface area contributed by atoms with Gasteiger partial charge in [-0.15, -0.1) is 0 Å². The highest BCUT2D eigenvalue weighted by atomic mass is 15.1. The number of hydrogen-bond acceptors (Lipinski definition) is 1. The molecule has 0 saturated heterocycles. The summed E-state index contributed by atoms with van der Waals surface area (Å²) in [5.41, 5.74) is 7.79. The van der Waals surface area contributed by atoms with Gasteiger partial charge in [-0.25, -0.2) is 4.98 Å². The van der Waals surface area contributed by atoms with Crippen molar-refractivity contribution >= 4 is 0 Å². The fourth-order valence-corrected chi connectivity index (χ4v) is 3.26. The van der Waals surface area contributed by atoms with Crippen molar-refractivity contribution in [1.29, 1.82) is 0 Å². The third kappa shape index (κ3) is 1.81. The molecule has 3 nitrogen and oxygen atoms in total. The van der Waals surface area contributed by atoms with Crippen molar-refractivity contribution < 1.29 is 4.57 Å². The number of hydrogen-bond donors (Lipinski definition) is 0. The second kappa shape index (κ2) is 4.29. The molecule has 3 heterocycles. The van der Waals surface area contributed by atoms with E-state index >= 15 is 0 Å². The first-order valence-electron chi connectivity index (χ1n) is 7.26. The molecule has 0 atom stereocenters. The molecule has 0 N–H and O–H groups in total. The third-order valence-electron chi connectivity index (χ3n) is 4.32. The average molecular weight is 276 g/mol. The van der Waals surface area contributed by atoms with Crippen LogP contribution in [0.25, 0.3) is 16.9 Å². The Kier molecular flexibility index (Phi) is 2.52. The van der Waals surface area contributed by atoms with E-state index in [9.17, 15) is 0 Å². The van der Waals surface area contributed by atoms with Gasteiger partial charge in [-0.05, 0) is 31.0 Å². The summed E-state index contributed by atoms with van der Waals surface area (Å²) >= 11 is 0. The summed E-state index contributed by atoms with van der Waals surface area (Å²) in [5, 5.41) is 0. The number of aryl methyl sites for hydroxylation is 3. The number of imidazole rings is 1. The number of benzene rings is 1. The lowest BCUT2D eigenvalue weighted by atomic mass is 10.0. The van der Waals surface area contributed by atoms with E-state index in [4.69, 9.17) is 0 Å². The molecule has 0 bridgehead atoms. The van der Waals surface area contributed by atoms with Crippen molar-refractivity contribution in [2.45, 2.75) is 20.3 Å². The van der Waals surface area contributed by atoms with Gasteiger partial charge in [0.2, 0.25) is 5.69 Å². The van der Waals surface area contributed by atoms with Crippen molar-refractivity contribution in [2.75, 3.05) is 0 Å². The van der Waals surface area contributed by atoms with Gasteiger partial charge in [0.05, 0.1) is 0 Å². The van der Waals surface area contributed by atoms with E-state index in [1.165, 1.54) is 33.6 Å². The Bertz CT molecular complexity index is 859. The van der Waals surface area contributed by atoms with Crippen LogP contribution in [0.4, 0.5) is 0 Å². The topological polar surface area (TPSA) is 21.7 Å². The van der Waals surface area contributed by atoms with Crippen molar-refractivity contribution in [1.82, 2.24) is 9.55 Å². The Hall–Kier alpha value is -2.42. The van der Waals surface area contributed by atoms with Crippen LogP contribution in [0.1, 0.15) is 22.5 Å². The zero-order valence-electron chi connectivity index (χ0n) is 12.6. The summed E-state index contributed by atoms with van der Waals surface area (Å²) in [6, 6.07) is 8.95. The van der Waals surface area contributed by atoms with Gasteiger partial charge >= 0.3 is 0 Å². The van der Waals surface area contributed by atoms with Crippen LogP contribution >= 0.6 is 0 Å². The van der Waals surface area contributed by atoms with Gasteiger partial charge in [-0.3, -0.25) is 4.57 Å². The normalized spacial score (nSPS) is 12.3. The van der Waals surface area contributed by atoms with E-state index in [1.807, 2.05) is 12.4 Å². The molecule has 4 rings (SSSR count). The lowest BCUT2D eigenvalue weighted by Crippen LogP contribution is -2.31. The molecule has 3 heteroatoms. The molecule has 1 aliphatic heterocycles. The Labute approximate surface area is 124 Å². The molecule has 3 aromatic rings. The number of aromatic nitrogens is 3. The highest BCUT2D eigenvalue weighted by molar-refractivity contribution is 5.64. The number of nitrogens with zero attached hydrogens (tertiary/aromatic N) is 3. The molecule has 0 fully saturated rings. The molecule has 1 aliphatic rings. The van der Waals surface area contributed by atoms with Gasteiger partial charge in [0.1, 0.15) is 18.6 Å². The first-order valence-corrected chi connectivity index (χ1v) is 7.26.